The monoisotopic (exact) mass is 332 g/mol. The van der Waals surface area contributed by atoms with Crippen molar-refractivity contribution >= 4 is 28.9 Å². The minimum absolute atomic E-state index is 0.0374. The second-order valence-electron chi connectivity index (χ2n) is 5.01. The summed E-state index contributed by atoms with van der Waals surface area (Å²) in [4.78, 5) is 14.1. The molecular weight excluding hydrogens is 312 g/mol. The Balaban J connectivity index is 1.91. The van der Waals surface area contributed by atoms with E-state index in [1.807, 2.05) is 24.3 Å². The number of rotatable bonds is 7. The molecular formula is C18H21ClN2O2. The maximum atomic E-state index is 11.9. The van der Waals surface area contributed by atoms with E-state index in [1.54, 1.807) is 24.3 Å². The first-order chi connectivity index (χ1) is 11.1. The number of hydrogen-bond acceptors (Lipinski definition) is 3. The predicted octanol–water partition coefficient (Wildman–Crippen LogP) is 4.20. The van der Waals surface area contributed by atoms with Crippen LogP contribution in [0.15, 0.2) is 48.5 Å². The molecule has 0 aliphatic heterocycles. The second kappa shape index (κ2) is 8.44. The van der Waals surface area contributed by atoms with Gasteiger partial charge in [-0.25, -0.2) is 0 Å². The lowest BCUT2D eigenvalue weighted by Crippen LogP contribution is -2.22. The Morgan fingerprint density at radius 2 is 1.83 bits per heavy atom. The minimum Gasteiger partial charge on any atom is -0.484 e. The van der Waals surface area contributed by atoms with E-state index in [4.69, 9.17) is 16.3 Å². The maximum absolute atomic E-state index is 11.9. The molecule has 0 aliphatic carbocycles. The molecule has 0 bridgehead atoms. The summed E-state index contributed by atoms with van der Waals surface area (Å²) in [7, 11) is 0. The largest absolute Gasteiger partial charge is 0.484 e. The number of carbonyl (C=O) groups excluding carboxylic acids is 1. The van der Waals surface area contributed by atoms with E-state index >= 15 is 0 Å². The molecule has 0 aliphatic rings. The summed E-state index contributed by atoms with van der Waals surface area (Å²) in [5, 5.41) is 3.40. The van der Waals surface area contributed by atoms with Gasteiger partial charge >= 0.3 is 0 Å². The Labute approximate surface area is 142 Å². The van der Waals surface area contributed by atoms with Gasteiger partial charge in [-0.3, -0.25) is 4.79 Å². The molecule has 0 saturated heterocycles. The zero-order valence-corrected chi connectivity index (χ0v) is 14.1. The van der Waals surface area contributed by atoms with E-state index in [0.29, 0.717) is 16.5 Å². The summed E-state index contributed by atoms with van der Waals surface area (Å²) in [5.74, 6) is 0.473. The Kier molecular flexibility index (Phi) is 6.29. The summed E-state index contributed by atoms with van der Waals surface area (Å²) in [6.45, 7) is 6.03. The van der Waals surface area contributed by atoms with Gasteiger partial charge in [0.05, 0.1) is 0 Å². The molecule has 0 atom stereocenters. The minimum atomic E-state index is -0.208. The van der Waals surface area contributed by atoms with E-state index in [9.17, 15) is 4.79 Å². The molecule has 0 aromatic heterocycles. The molecule has 2 aromatic carbocycles. The lowest BCUT2D eigenvalue weighted by Gasteiger charge is -2.21. The quantitative estimate of drug-likeness (QED) is 0.826. The van der Waals surface area contributed by atoms with Gasteiger partial charge in [0.25, 0.3) is 5.91 Å². The van der Waals surface area contributed by atoms with Gasteiger partial charge < -0.3 is 15.0 Å². The lowest BCUT2D eigenvalue weighted by atomic mass is 10.2. The van der Waals surface area contributed by atoms with E-state index in [1.165, 1.54) is 0 Å². The van der Waals surface area contributed by atoms with Gasteiger partial charge in [0.2, 0.25) is 0 Å². The van der Waals surface area contributed by atoms with Crippen molar-refractivity contribution in [3.63, 3.8) is 0 Å². The maximum Gasteiger partial charge on any atom is 0.262 e. The smallest absolute Gasteiger partial charge is 0.262 e. The predicted molar refractivity (Wildman–Crippen MR) is 95.6 cm³/mol. The van der Waals surface area contributed by atoms with Crippen LogP contribution in [-0.4, -0.2) is 25.6 Å². The van der Waals surface area contributed by atoms with Crippen LogP contribution in [0.25, 0.3) is 0 Å². The Morgan fingerprint density at radius 3 is 2.48 bits per heavy atom. The first kappa shape index (κ1) is 17.2. The number of amides is 1. The third kappa shape index (κ3) is 5.18. The normalized spacial score (nSPS) is 10.2. The first-order valence-electron chi connectivity index (χ1n) is 7.65. The van der Waals surface area contributed by atoms with Crippen molar-refractivity contribution in [3.8, 4) is 5.75 Å². The molecule has 0 fully saturated rings. The number of nitrogens with one attached hydrogen (secondary N) is 1. The fourth-order valence-corrected chi connectivity index (χ4v) is 2.36. The van der Waals surface area contributed by atoms with Crippen molar-refractivity contribution in [2.24, 2.45) is 0 Å². The van der Waals surface area contributed by atoms with Gasteiger partial charge in [-0.05, 0) is 50.2 Å². The van der Waals surface area contributed by atoms with E-state index in [0.717, 1.165) is 18.8 Å². The lowest BCUT2D eigenvalue weighted by molar-refractivity contribution is -0.118. The number of nitrogens with zero attached hydrogens (tertiary/aromatic N) is 1. The molecule has 5 heteroatoms. The average Bonchev–Trinajstić information content (AvgIpc) is 2.57. The van der Waals surface area contributed by atoms with Crippen LogP contribution in [0, 0.1) is 0 Å². The van der Waals surface area contributed by atoms with E-state index in [2.05, 4.69) is 24.1 Å². The number of ether oxygens (including phenoxy) is 1. The molecule has 23 heavy (non-hydrogen) atoms. The Hall–Kier alpha value is -2.20. The summed E-state index contributed by atoms with van der Waals surface area (Å²) >= 11 is 5.81. The molecule has 4 nitrogen and oxygen atoms in total. The first-order valence-corrected chi connectivity index (χ1v) is 8.03. The third-order valence-electron chi connectivity index (χ3n) is 3.44. The highest BCUT2D eigenvalue weighted by molar-refractivity contribution is 6.30. The van der Waals surface area contributed by atoms with Gasteiger partial charge in [0, 0.05) is 35.6 Å². The zero-order valence-electron chi connectivity index (χ0n) is 13.4. The zero-order chi connectivity index (χ0) is 16.7. The van der Waals surface area contributed by atoms with E-state index < -0.39 is 0 Å². The molecule has 122 valence electrons. The van der Waals surface area contributed by atoms with E-state index in [-0.39, 0.29) is 12.5 Å². The highest BCUT2D eigenvalue weighted by Crippen LogP contribution is 2.21. The molecule has 0 saturated carbocycles. The standard InChI is InChI=1S/C18H21ClN2O2/c1-3-21(4-2)16-6-5-7-17(12-16)23-13-18(22)20-15-10-8-14(19)9-11-15/h5-12H,3-4,13H2,1-2H3,(H,20,22). The van der Waals surface area contributed by atoms with Gasteiger partial charge in [-0.2, -0.15) is 0 Å². The van der Waals surface area contributed by atoms with Gasteiger partial charge in [-0.1, -0.05) is 17.7 Å². The summed E-state index contributed by atoms with van der Waals surface area (Å²) in [6, 6.07) is 14.7. The number of halogens is 1. The fraction of sp³-hybridized carbons (Fsp3) is 0.278. The van der Waals surface area contributed by atoms with Crippen molar-refractivity contribution in [1.82, 2.24) is 0 Å². The average molecular weight is 333 g/mol. The van der Waals surface area contributed by atoms with Crippen LogP contribution in [0.5, 0.6) is 5.75 Å². The van der Waals surface area contributed by atoms with Crippen LogP contribution in [0.2, 0.25) is 5.02 Å². The van der Waals surface area contributed by atoms with Gasteiger partial charge in [-0.15, -0.1) is 0 Å². The molecule has 2 aromatic rings. The fourth-order valence-electron chi connectivity index (χ4n) is 2.24. The van der Waals surface area contributed by atoms with Gasteiger partial charge in [0.15, 0.2) is 6.61 Å². The highest BCUT2D eigenvalue weighted by atomic mass is 35.5. The number of carbonyl (C=O) groups is 1. The summed E-state index contributed by atoms with van der Waals surface area (Å²) < 4.78 is 5.58. The summed E-state index contributed by atoms with van der Waals surface area (Å²) in [5.41, 5.74) is 1.78. The Morgan fingerprint density at radius 1 is 1.13 bits per heavy atom. The molecule has 1 N–H and O–H groups in total. The van der Waals surface area contributed by atoms with Crippen LogP contribution in [0.4, 0.5) is 11.4 Å². The molecule has 0 heterocycles. The highest BCUT2D eigenvalue weighted by Gasteiger charge is 2.06. The van der Waals surface area contributed by atoms with Crippen molar-refractivity contribution in [2.75, 3.05) is 29.9 Å². The molecule has 2 rings (SSSR count). The van der Waals surface area contributed by atoms with Crippen LogP contribution < -0.4 is 15.0 Å². The summed E-state index contributed by atoms with van der Waals surface area (Å²) in [6.07, 6.45) is 0. The van der Waals surface area contributed by atoms with Crippen LogP contribution >= 0.6 is 11.6 Å². The second-order valence-corrected chi connectivity index (χ2v) is 5.45. The van der Waals surface area contributed by atoms with Crippen molar-refractivity contribution < 1.29 is 9.53 Å². The molecule has 0 unspecified atom stereocenters. The SMILES string of the molecule is CCN(CC)c1cccc(OCC(=O)Nc2ccc(Cl)cc2)c1. The molecule has 1 amide bonds. The number of hydrogen-bond donors (Lipinski definition) is 1. The molecule has 0 radical (unpaired) electrons. The van der Waals surface area contributed by atoms with Crippen molar-refractivity contribution in [3.05, 3.63) is 53.6 Å². The number of benzene rings is 2. The van der Waals surface area contributed by atoms with Crippen molar-refractivity contribution in [1.29, 1.82) is 0 Å². The van der Waals surface area contributed by atoms with Crippen LogP contribution in [0.1, 0.15) is 13.8 Å². The third-order valence-corrected chi connectivity index (χ3v) is 3.70. The van der Waals surface area contributed by atoms with Crippen LogP contribution in [-0.2, 0) is 4.79 Å². The van der Waals surface area contributed by atoms with Gasteiger partial charge in [0.1, 0.15) is 5.75 Å². The van der Waals surface area contributed by atoms with Crippen molar-refractivity contribution in [2.45, 2.75) is 13.8 Å². The van der Waals surface area contributed by atoms with Crippen LogP contribution in [0.3, 0.4) is 0 Å². The molecule has 0 spiro atoms. The topological polar surface area (TPSA) is 41.6 Å². The Bertz CT molecular complexity index is 640. The number of anilines is 2.